The van der Waals surface area contributed by atoms with Crippen molar-refractivity contribution >= 4 is 22.7 Å². The van der Waals surface area contributed by atoms with Crippen LogP contribution >= 0.6 is 11.8 Å². The van der Waals surface area contributed by atoms with Crippen LogP contribution < -0.4 is 10.3 Å². The molecular formula is C20H20N6O2S. The van der Waals surface area contributed by atoms with Crippen LogP contribution in [0.5, 0.6) is 5.75 Å². The fourth-order valence-electron chi connectivity index (χ4n) is 3.03. The first-order chi connectivity index (χ1) is 14.2. The minimum atomic E-state index is -0.125. The highest BCUT2D eigenvalue weighted by Crippen LogP contribution is 2.25. The summed E-state index contributed by atoms with van der Waals surface area (Å²) in [6.07, 6.45) is 0.936. The van der Waals surface area contributed by atoms with E-state index in [1.807, 2.05) is 42.5 Å². The van der Waals surface area contributed by atoms with Crippen molar-refractivity contribution in [1.29, 1.82) is 0 Å². The van der Waals surface area contributed by atoms with Gasteiger partial charge >= 0.3 is 0 Å². The first kappa shape index (κ1) is 19.1. The molecule has 2 heterocycles. The average Bonchev–Trinajstić information content (AvgIpc) is 3.20. The SMILES string of the molecule is CCCn1nnnc1CSc1nc2ccccc2c(=O)n1-c1cccc(OC)c1. The molecule has 0 fully saturated rings. The van der Waals surface area contributed by atoms with E-state index in [1.54, 1.807) is 22.4 Å². The fourth-order valence-corrected chi connectivity index (χ4v) is 3.97. The quantitative estimate of drug-likeness (QED) is 0.343. The number of methoxy groups -OCH3 is 1. The minimum Gasteiger partial charge on any atom is -0.497 e. The van der Waals surface area contributed by atoms with Crippen molar-refractivity contribution in [2.24, 2.45) is 0 Å². The predicted octanol–water partition coefficient (Wildman–Crippen LogP) is 3.08. The standard InChI is InChI=1S/C20H20N6O2S/c1-3-11-25-18(22-23-24-25)13-29-20-21-17-10-5-4-9-16(17)19(27)26(20)14-7-6-8-15(12-14)28-2/h4-10,12H,3,11,13H2,1-2H3. The Morgan fingerprint density at radius 2 is 2.00 bits per heavy atom. The number of aromatic nitrogens is 6. The smallest absolute Gasteiger partial charge is 0.266 e. The summed E-state index contributed by atoms with van der Waals surface area (Å²) in [5.41, 5.74) is 1.23. The summed E-state index contributed by atoms with van der Waals surface area (Å²) in [5, 5.41) is 13.0. The van der Waals surface area contributed by atoms with Crippen molar-refractivity contribution in [1.82, 2.24) is 29.8 Å². The molecule has 0 N–H and O–H groups in total. The summed E-state index contributed by atoms with van der Waals surface area (Å²) in [5.74, 6) is 1.92. The Labute approximate surface area is 171 Å². The Morgan fingerprint density at radius 1 is 1.14 bits per heavy atom. The number of rotatable bonds is 7. The molecule has 2 aromatic carbocycles. The number of hydrogen-bond acceptors (Lipinski definition) is 7. The van der Waals surface area contributed by atoms with Gasteiger partial charge < -0.3 is 4.74 Å². The fraction of sp³-hybridized carbons (Fsp3) is 0.250. The van der Waals surface area contributed by atoms with E-state index in [0.717, 1.165) is 18.8 Å². The molecule has 0 aliphatic rings. The van der Waals surface area contributed by atoms with E-state index in [-0.39, 0.29) is 5.56 Å². The molecule has 148 valence electrons. The predicted molar refractivity (Wildman–Crippen MR) is 112 cm³/mol. The van der Waals surface area contributed by atoms with Crippen molar-refractivity contribution in [3.63, 3.8) is 0 Å². The molecule has 0 amide bonds. The summed E-state index contributed by atoms with van der Waals surface area (Å²) in [6, 6.07) is 14.7. The Morgan fingerprint density at radius 3 is 2.83 bits per heavy atom. The first-order valence-corrected chi connectivity index (χ1v) is 10.2. The molecular weight excluding hydrogens is 388 g/mol. The van der Waals surface area contributed by atoms with Crippen molar-refractivity contribution < 1.29 is 4.74 Å². The molecule has 2 aromatic heterocycles. The lowest BCUT2D eigenvalue weighted by molar-refractivity contribution is 0.414. The van der Waals surface area contributed by atoms with Gasteiger partial charge in [-0.3, -0.25) is 9.36 Å². The maximum atomic E-state index is 13.3. The van der Waals surface area contributed by atoms with Gasteiger partial charge in [0.05, 0.1) is 29.5 Å². The number of ether oxygens (including phenoxy) is 1. The molecule has 0 unspecified atom stereocenters. The van der Waals surface area contributed by atoms with Crippen LogP contribution in [-0.2, 0) is 12.3 Å². The lowest BCUT2D eigenvalue weighted by atomic mass is 10.2. The zero-order valence-electron chi connectivity index (χ0n) is 16.1. The number of nitrogens with zero attached hydrogens (tertiary/aromatic N) is 6. The topological polar surface area (TPSA) is 87.7 Å². The second-order valence-electron chi connectivity index (χ2n) is 6.36. The molecule has 4 rings (SSSR count). The highest BCUT2D eigenvalue weighted by atomic mass is 32.2. The van der Waals surface area contributed by atoms with Crippen LogP contribution in [0.3, 0.4) is 0 Å². The zero-order valence-corrected chi connectivity index (χ0v) is 17.0. The number of aryl methyl sites for hydroxylation is 1. The molecule has 0 aliphatic heterocycles. The van der Waals surface area contributed by atoms with E-state index >= 15 is 0 Å². The number of tetrazole rings is 1. The molecule has 0 atom stereocenters. The van der Waals surface area contributed by atoms with Crippen LogP contribution in [0.15, 0.2) is 58.5 Å². The maximum absolute atomic E-state index is 13.3. The van der Waals surface area contributed by atoms with Crippen LogP contribution in [0.25, 0.3) is 16.6 Å². The van der Waals surface area contributed by atoms with Crippen molar-refractivity contribution in [3.8, 4) is 11.4 Å². The number of benzene rings is 2. The van der Waals surface area contributed by atoms with Crippen LogP contribution in [0.2, 0.25) is 0 Å². The Hall–Kier alpha value is -3.20. The molecule has 8 nitrogen and oxygen atoms in total. The van der Waals surface area contributed by atoms with E-state index in [1.165, 1.54) is 11.8 Å². The molecule has 9 heteroatoms. The number of fused-ring (bicyclic) bond motifs is 1. The van der Waals surface area contributed by atoms with E-state index in [2.05, 4.69) is 22.4 Å². The van der Waals surface area contributed by atoms with Gasteiger partial charge in [0.15, 0.2) is 11.0 Å². The number of para-hydroxylation sites is 1. The Kier molecular flexibility index (Phi) is 5.57. The molecule has 0 radical (unpaired) electrons. The van der Waals surface area contributed by atoms with Gasteiger partial charge in [0.25, 0.3) is 5.56 Å². The molecule has 0 aliphatic carbocycles. The van der Waals surface area contributed by atoms with E-state index < -0.39 is 0 Å². The summed E-state index contributed by atoms with van der Waals surface area (Å²) in [6.45, 7) is 2.82. The van der Waals surface area contributed by atoms with Gasteiger partial charge in [0, 0.05) is 12.6 Å². The molecule has 4 aromatic rings. The van der Waals surface area contributed by atoms with Crippen LogP contribution in [0, 0.1) is 0 Å². The van der Waals surface area contributed by atoms with Gasteiger partial charge in [-0.05, 0) is 41.1 Å². The van der Waals surface area contributed by atoms with Crippen LogP contribution in [0.1, 0.15) is 19.2 Å². The van der Waals surface area contributed by atoms with Crippen molar-refractivity contribution in [2.45, 2.75) is 30.8 Å². The first-order valence-electron chi connectivity index (χ1n) is 9.25. The monoisotopic (exact) mass is 408 g/mol. The molecule has 29 heavy (non-hydrogen) atoms. The molecule has 0 saturated heterocycles. The number of hydrogen-bond donors (Lipinski definition) is 0. The van der Waals surface area contributed by atoms with Gasteiger partial charge in [0.1, 0.15) is 5.75 Å². The van der Waals surface area contributed by atoms with E-state index in [0.29, 0.717) is 33.2 Å². The van der Waals surface area contributed by atoms with Crippen LogP contribution in [-0.4, -0.2) is 36.9 Å². The summed E-state index contributed by atoms with van der Waals surface area (Å²) >= 11 is 1.43. The van der Waals surface area contributed by atoms with Crippen LogP contribution in [0.4, 0.5) is 0 Å². The minimum absolute atomic E-state index is 0.125. The summed E-state index contributed by atoms with van der Waals surface area (Å²) < 4.78 is 8.73. The zero-order chi connectivity index (χ0) is 20.2. The van der Waals surface area contributed by atoms with Gasteiger partial charge in [-0.1, -0.05) is 36.9 Å². The van der Waals surface area contributed by atoms with E-state index in [4.69, 9.17) is 9.72 Å². The molecule has 0 spiro atoms. The lowest BCUT2D eigenvalue weighted by Crippen LogP contribution is -2.22. The highest BCUT2D eigenvalue weighted by Gasteiger charge is 2.15. The third kappa shape index (κ3) is 3.86. The second-order valence-corrected chi connectivity index (χ2v) is 7.30. The molecule has 0 bridgehead atoms. The molecule has 0 saturated carbocycles. The Balaban J connectivity index is 1.81. The van der Waals surface area contributed by atoms with Gasteiger partial charge in [-0.2, -0.15) is 0 Å². The lowest BCUT2D eigenvalue weighted by Gasteiger charge is -2.14. The Bertz CT molecular complexity index is 1200. The third-order valence-corrected chi connectivity index (χ3v) is 5.36. The largest absolute Gasteiger partial charge is 0.497 e. The van der Waals surface area contributed by atoms with E-state index in [9.17, 15) is 4.79 Å². The number of thioether (sulfide) groups is 1. The average molecular weight is 408 g/mol. The summed E-state index contributed by atoms with van der Waals surface area (Å²) in [4.78, 5) is 18.1. The van der Waals surface area contributed by atoms with Crippen molar-refractivity contribution in [2.75, 3.05) is 7.11 Å². The highest BCUT2D eigenvalue weighted by molar-refractivity contribution is 7.98. The van der Waals surface area contributed by atoms with Gasteiger partial charge in [0.2, 0.25) is 0 Å². The normalized spacial score (nSPS) is 11.1. The van der Waals surface area contributed by atoms with Gasteiger partial charge in [-0.15, -0.1) is 5.10 Å². The second kappa shape index (κ2) is 8.44. The third-order valence-electron chi connectivity index (χ3n) is 4.43. The van der Waals surface area contributed by atoms with Gasteiger partial charge in [-0.25, -0.2) is 9.67 Å². The maximum Gasteiger partial charge on any atom is 0.266 e. The summed E-state index contributed by atoms with van der Waals surface area (Å²) in [7, 11) is 1.60. The van der Waals surface area contributed by atoms with Crippen molar-refractivity contribution in [3.05, 3.63) is 64.7 Å².